The first-order chi connectivity index (χ1) is 16.2. The van der Waals surface area contributed by atoms with Crippen molar-refractivity contribution in [3.05, 3.63) is 91.9 Å². The molecule has 34 heavy (non-hydrogen) atoms. The number of amides is 1. The third-order valence-corrected chi connectivity index (χ3v) is 6.06. The number of nitrogens with zero attached hydrogens (tertiary/aromatic N) is 3. The highest BCUT2D eigenvalue weighted by Crippen LogP contribution is 2.24. The van der Waals surface area contributed by atoms with Crippen LogP contribution in [0.25, 0.3) is 0 Å². The molecule has 0 atom stereocenters. The number of benzene rings is 2. The van der Waals surface area contributed by atoms with Crippen LogP contribution in [0.4, 0.5) is 5.82 Å². The van der Waals surface area contributed by atoms with Gasteiger partial charge in [-0.1, -0.05) is 46.6 Å². The highest BCUT2D eigenvalue weighted by atomic mass is 35.5. The fourth-order valence-electron chi connectivity index (χ4n) is 3.47. The Morgan fingerprint density at radius 3 is 2.65 bits per heavy atom. The van der Waals surface area contributed by atoms with Crippen LogP contribution in [0.2, 0.25) is 10.0 Å². The fourth-order valence-corrected chi connectivity index (χ4v) is 3.94. The number of aromatic nitrogens is 3. The molecule has 7 nitrogen and oxygen atoms in total. The van der Waals surface area contributed by atoms with Crippen LogP contribution in [0, 0.1) is 27.7 Å². The van der Waals surface area contributed by atoms with E-state index in [0.29, 0.717) is 33.7 Å². The average Bonchev–Trinajstić information content (AvgIpc) is 3.32. The number of carbonyl (C=O) groups excluding carboxylic acids is 1. The number of nitrogens with one attached hydrogen (secondary N) is 1. The minimum Gasteiger partial charge on any atom is -0.488 e. The van der Waals surface area contributed by atoms with Crippen LogP contribution in [0.3, 0.4) is 0 Å². The summed E-state index contributed by atoms with van der Waals surface area (Å²) in [7, 11) is 0. The number of rotatable bonds is 7. The molecule has 0 bridgehead atoms. The number of anilines is 1. The van der Waals surface area contributed by atoms with E-state index in [9.17, 15) is 4.79 Å². The van der Waals surface area contributed by atoms with E-state index in [-0.39, 0.29) is 12.3 Å². The van der Waals surface area contributed by atoms with Crippen molar-refractivity contribution in [2.75, 3.05) is 5.32 Å². The zero-order valence-electron chi connectivity index (χ0n) is 19.3. The zero-order valence-corrected chi connectivity index (χ0v) is 20.8. The van der Waals surface area contributed by atoms with Crippen LogP contribution < -0.4 is 10.1 Å². The van der Waals surface area contributed by atoms with Gasteiger partial charge in [0.25, 0.3) is 5.91 Å². The van der Waals surface area contributed by atoms with Gasteiger partial charge in [0.15, 0.2) is 11.5 Å². The topological polar surface area (TPSA) is 82.2 Å². The Hall–Kier alpha value is -3.29. The third kappa shape index (κ3) is 5.26. The van der Waals surface area contributed by atoms with E-state index in [4.69, 9.17) is 32.5 Å². The Morgan fingerprint density at radius 2 is 1.88 bits per heavy atom. The van der Waals surface area contributed by atoms with Gasteiger partial charge in [0.05, 0.1) is 12.1 Å². The van der Waals surface area contributed by atoms with Crippen molar-refractivity contribution >= 4 is 34.9 Å². The summed E-state index contributed by atoms with van der Waals surface area (Å²) in [5, 5.41) is 12.4. The summed E-state index contributed by atoms with van der Waals surface area (Å²) in [5.41, 5.74) is 4.57. The van der Waals surface area contributed by atoms with Crippen LogP contribution in [0.15, 0.2) is 47.0 Å². The molecule has 0 aliphatic carbocycles. The maximum absolute atomic E-state index is 13.0. The van der Waals surface area contributed by atoms with Gasteiger partial charge in [-0.15, -0.1) is 0 Å². The number of hydrogen-bond acceptors (Lipinski definition) is 5. The summed E-state index contributed by atoms with van der Waals surface area (Å²) in [4.78, 5) is 13.0. The second-order valence-corrected chi connectivity index (χ2v) is 8.99. The smallest absolute Gasteiger partial charge is 0.279 e. The molecule has 4 rings (SSSR count). The van der Waals surface area contributed by atoms with Gasteiger partial charge in [-0.2, -0.15) is 5.10 Å². The molecule has 0 aliphatic rings. The van der Waals surface area contributed by atoms with Crippen LogP contribution in [-0.4, -0.2) is 20.8 Å². The van der Waals surface area contributed by atoms with Crippen molar-refractivity contribution in [3.63, 3.8) is 0 Å². The van der Waals surface area contributed by atoms with Gasteiger partial charge in [0, 0.05) is 21.8 Å². The zero-order chi connectivity index (χ0) is 24.4. The lowest BCUT2D eigenvalue weighted by Gasteiger charge is -2.10. The minimum absolute atomic E-state index is 0.158. The standard InChI is InChI=1S/C25H24Cl2N4O3/c1-14-5-6-15(2)22(9-14)33-13-20-17(4)34-30-24(20)25(32)28-23-10-16(3)31(29-23)12-18-7-8-19(26)11-21(18)27/h5-11H,12-13H2,1-4H3,(H,28,29,32). The summed E-state index contributed by atoms with van der Waals surface area (Å²) in [5.74, 6) is 1.25. The molecule has 0 saturated carbocycles. The molecule has 2 heterocycles. The van der Waals surface area contributed by atoms with Gasteiger partial charge in [0.1, 0.15) is 18.1 Å². The second-order valence-electron chi connectivity index (χ2n) is 8.14. The molecule has 2 aromatic carbocycles. The third-order valence-electron chi connectivity index (χ3n) is 5.47. The van der Waals surface area contributed by atoms with Crippen molar-refractivity contribution in [1.82, 2.24) is 14.9 Å². The molecular formula is C25H24Cl2N4O3. The van der Waals surface area contributed by atoms with E-state index >= 15 is 0 Å². The Morgan fingerprint density at radius 1 is 1.09 bits per heavy atom. The van der Waals surface area contributed by atoms with E-state index in [1.165, 1.54) is 0 Å². The summed E-state index contributed by atoms with van der Waals surface area (Å²) < 4.78 is 13.0. The molecule has 1 amide bonds. The molecule has 1 N–H and O–H groups in total. The lowest BCUT2D eigenvalue weighted by Crippen LogP contribution is -2.16. The summed E-state index contributed by atoms with van der Waals surface area (Å²) >= 11 is 12.3. The van der Waals surface area contributed by atoms with Crippen molar-refractivity contribution in [1.29, 1.82) is 0 Å². The molecule has 4 aromatic rings. The predicted molar refractivity (Wildman–Crippen MR) is 132 cm³/mol. The highest BCUT2D eigenvalue weighted by molar-refractivity contribution is 6.35. The largest absolute Gasteiger partial charge is 0.488 e. The Kier molecular flexibility index (Phi) is 6.95. The first-order valence-corrected chi connectivity index (χ1v) is 11.4. The van der Waals surface area contributed by atoms with Gasteiger partial charge in [-0.25, -0.2) is 0 Å². The van der Waals surface area contributed by atoms with E-state index in [2.05, 4.69) is 15.6 Å². The van der Waals surface area contributed by atoms with Gasteiger partial charge in [0.2, 0.25) is 0 Å². The van der Waals surface area contributed by atoms with Gasteiger partial charge in [-0.05, 0) is 62.6 Å². The lowest BCUT2D eigenvalue weighted by molar-refractivity contribution is 0.101. The molecule has 0 spiro atoms. The summed E-state index contributed by atoms with van der Waals surface area (Å²) in [6.07, 6.45) is 0. The second kappa shape index (κ2) is 9.91. The Bertz CT molecular complexity index is 1360. The number of ether oxygens (including phenoxy) is 1. The van der Waals surface area contributed by atoms with E-state index < -0.39 is 5.91 Å². The van der Waals surface area contributed by atoms with Crippen LogP contribution in [0.5, 0.6) is 5.75 Å². The maximum Gasteiger partial charge on any atom is 0.279 e. The quantitative estimate of drug-likeness (QED) is 0.323. The van der Waals surface area contributed by atoms with Crippen molar-refractivity contribution < 1.29 is 14.1 Å². The van der Waals surface area contributed by atoms with Gasteiger partial charge in [-0.3, -0.25) is 9.48 Å². The van der Waals surface area contributed by atoms with E-state index in [1.54, 1.807) is 29.8 Å². The van der Waals surface area contributed by atoms with Crippen LogP contribution >= 0.6 is 23.2 Å². The first kappa shape index (κ1) is 23.9. The van der Waals surface area contributed by atoms with Crippen molar-refractivity contribution in [2.45, 2.75) is 40.8 Å². The van der Waals surface area contributed by atoms with Gasteiger partial charge >= 0.3 is 0 Å². The summed E-state index contributed by atoms with van der Waals surface area (Å²) in [6.45, 7) is 8.22. The summed E-state index contributed by atoms with van der Waals surface area (Å²) in [6, 6.07) is 13.1. The Balaban J connectivity index is 1.48. The van der Waals surface area contributed by atoms with Gasteiger partial charge < -0.3 is 14.6 Å². The minimum atomic E-state index is -0.425. The van der Waals surface area contributed by atoms with Crippen molar-refractivity contribution in [2.24, 2.45) is 0 Å². The highest BCUT2D eigenvalue weighted by Gasteiger charge is 2.22. The molecule has 0 unspecified atom stereocenters. The molecule has 0 aliphatic heterocycles. The van der Waals surface area contributed by atoms with Crippen LogP contribution in [0.1, 0.15) is 44.2 Å². The monoisotopic (exact) mass is 498 g/mol. The van der Waals surface area contributed by atoms with E-state index in [1.807, 2.05) is 45.0 Å². The fraction of sp³-hybridized carbons (Fsp3) is 0.240. The molecular weight excluding hydrogens is 475 g/mol. The van der Waals surface area contributed by atoms with E-state index in [0.717, 1.165) is 28.1 Å². The molecule has 0 saturated heterocycles. The normalized spacial score (nSPS) is 11.0. The molecule has 9 heteroatoms. The molecule has 0 radical (unpaired) electrons. The number of hydrogen-bond donors (Lipinski definition) is 1. The molecule has 176 valence electrons. The average molecular weight is 499 g/mol. The SMILES string of the molecule is Cc1ccc(C)c(OCc2c(C(=O)Nc3cc(C)n(Cc4ccc(Cl)cc4Cl)n3)noc2C)c1. The number of aryl methyl sites for hydroxylation is 4. The van der Waals surface area contributed by atoms with Crippen molar-refractivity contribution in [3.8, 4) is 5.75 Å². The Labute approximate surface area is 207 Å². The lowest BCUT2D eigenvalue weighted by atomic mass is 10.1. The molecule has 0 fully saturated rings. The predicted octanol–water partition coefficient (Wildman–Crippen LogP) is 6.29. The molecule has 2 aromatic heterocycles. The number of halogens is 2. The first-order valence-electron chi connectivity index (χ1n) is 10.7. The van der Waals surface area contributed by atoms with Crippen LogP contribution in [-0.2, 0) is 13.2 Å². The maximum atomic E-state index is 13.0. The number of carbonyl (C=O) groups is 1.